The van der Waals surface area contributed by atoms with Crippen molar-refractivity contribution in [2.45, 2.75) is 40.3 Å². The van der Waals surface area contributed by atoms with Crippen LogP contribution in [0.1, 0.15) is 51.3 Å². The summed E-state index contributed by atoms with van der Waals surface area (Å²) in [5, 5.41) is 4.08. The van der Waals surface area contributed by atoms with Gasteiger partial charge in [0.25, 0.3) is 5.91 Å². The third kappa shape index (κ3) is 4.92. The average molecular weight is 491 g/mol. The average Bonchev–Trinajstić information content (AvgIpc) is 3.15. The molecule has 0 spiro atoms. The van der Waals surface area contributed by atoms with Crippen LogP contribution in [0.25, 0.3) is 22.0 Å². The highest BCUT2D eigenvalue weighted by Gasteiger charge is 2.17. The maximum Gasteiger partial charge on any atom is 0.251 e. The van der Waals surface area contributed by atoms with Gasteiger partial charge in [-0.2, -0.15) is 0 Å². The summed E-state index contributed by atoms with van der Waals surface area (Å²) in [7, 11) is 0. The fourth-order valence-corrected chi connectivity index (χ4v) is 4.85. The Bertz CT molecular complexity index is 1580. The smallest absolute Gasteiger partial charge is 0.251 e. The normalized spacial score (nSPS) is 12.0. The number of benzene rings is 4. The Kier molecular flexibility index (Phi) is 6.66. The number of aryl methyl sites for hydroxylation is 2. The molecule has 0 fully saturated rings. The van der Waals surface area contributed by atoms with E-state index >= 15 is 0 Å². The second-order valence-corrected chi connectivity index (χ2v) is 9.80. The van der Waals surface area contributed by atoms with Crippen molar-refractivity contribution in [3.8, 4) is 11.1 Å². The van der Waals surface area contributed by atoms with Crippen LogP contribution < -0.4 is 5.32 Å². The van der Waals surface area contributed by atoms with Crippen molar-refractivity contribution in [1.82, 2.24) is 9.88 Å². The first-order valence-corrected chi connectivity index (χ1v) is 12.6. The van der Waals surface area contributed by atoms with Gasteiger partial charge in [-0.1, -0.05) is 66.7 Å². The van der Waals surface area contributed by atoms with Crippen LogP contribution in [-0.4, -0.2) is 10.5 Å². The van der Waals surface area contributed by atoms with Gasteiger partial charge in [0.1, 0.15) is 5.82 Å². The quantitative estimate of drug-likeness (QED) is 0.258. The Hall–Kier alpha value is -4.18. The van der Waals surface area contributed by atoms with E-state index in [1.807, 2.05) is 37.3 Å². The summed E-state index contributed by atoms with van der Waals surface area (Å²) in [4.78, 5) is 13.1. The zero-order chi connectivity index (χ0) is 26.1. The van der Waals surface area contributed by atoms with Crippen LogP contribution in [0.3, 0.4) is 0 Å². The molecule has 0 bridgehead atoms. The van der Waals surface area contributed by atoms with E-state index in [-0.39, 0.29) is 17.8 Å². The van der Waals surface area contributed by atoms with Gasteiger partial charge in [0.2, 0.25) is 0 Å². The Balaban J connectivity index is 1.37. The van der Waals surface area contributed by atoms with Crippen LogP contribution in [0.4, 0.5) is 4.39 Å². The number of carbonyl (C=O) groups excluding carboxylic acids is 1. The van der Waals surface area contributed by atoms with E-state index in [4.69, 9.17) is 0 Å². The number of rotatable bonds is 6. The van der Waals surface area contributed by atoms with E-state index in [1.54, 1.807) is 13.0 Å². The molecule has 1 aromatic heterocycles. The molecule has 1 N–H and O–H groups in total. The minimum atomic E-state index is -0.301. The number of carbonyl (C=O) groups is 1. The SMILES string of the molecule is Cc1ccc([C@@H](C)NC(=O)c2ccc3c(c2)c(C)c(C)n3Cc2ccc(-c3ccccc3)cc2)cc1F. The molecule has 0 saturated heterocycles. The van der Waals surface area contributed by atoms with Gasteiger partial charge in [-0.05, 0) is 85.3 Å². The zero-order valence-corrected chi connectivity index (χ0v) is 21.7. The number of fused-ring (bicyclic) bond motifs is 1. The predicted molar refractivity (Wildman–Crippen MR) is 149 cm³/mol. The fraction of sp³-hybridized carbons (Fsp3) is 0.182. The monoisotopic (exact) mass is 490 g/mol. The van der Waals surface area contributed by atoms with Crippen LogP contribution >= 0.6 is 0 Å². The maximum atomic E-state index is 14.0. The Morgan fingerprint density at radius 3 is 2.27 bits per heavy atom. The highest BCUT2D eigenvalue weighted by molar-refractivity contribution is 5.99. The number of hydrogen-bond acceptors (Lipinski definition) is 1. The molecule has 1 heterocycles. The molecule has 186 valence electrons. The fourth-order valence-electron chi connectivity index (χ4n) is 4.85. The van der Waals surface area contributed by atoms with Crippen molar-refractivity contribution >= 4 is 16.8 Å². The number of halogens is 1. The first kappa shape index (κ1) is 24.5. The van der Waals surface area contributed by atoms with Crippen molar-refractivity contribution in [3.05, 3.63) is 130 Å². The first-order valence-electron chi connectivity index (χ1n) is 12.6. The summed E-state index contributed by atoms with van der Waals surface area (Å²) in [6.07, 6.45) is 0. The lowest BCUT2D eigenvalue weighted by Crippen LogP contribution is -2.26. The van der Waals surface area contributed by atoms with Gasteiger partial charge < -0.3 is 9.88 Å². The lowest BCUT2D eigenvalue weighted by atomic mass is 10.0. The Labute approximate surface area is 217 Å². The number of amides is 1. The first-order chi connectivity index (χ1) is 17.8. The zero-order valence-electron chi connectivity index (χ0n) is 21.7. The van der Waals surface area contributed by atoms with Crippen molar-refractivity contribution in [3.63, 3.8) is 0 Å². The van der Waals surface area contributed by atoms with Crippen LogP contribution in [0.5, 0.6) is 0 Å². The van der Waals surface area contributed by atoms with Crippen LogP contribution in [0.2, 0.25) is 0 Å². The molecule has 1 atom stereocenters. The molecule has 4 heteroatoms. The van der Waals surface area contributed by atoms with Crippen molar-refractivity contribution < 1.29 is 9.18 Å². The summed E-state index contributed by atoms with van der Waals surface area (Å²) in [6.45, 7) is 8.59. The second kappa shape index (κ2) is 10.1. The van der Waals surface area contributed by atoms with Gasteiger partial charge in [0.05, 0.1) is 6.04 Å². The van der Waals surface area contributed by atoms with Crippen LogP contribution in [0, 0.1) is 26.6 Å². The molecule has 1 amide bonds. The Morgan fingerprint density at radius 2 is 1.57 bits per heavy atom. The van der Waals surface area contributed by atoms with Crippen LogP contribution in [-0.2, 0) is 6.54 Å². The molecule has 4 aromatic carbocycles. The van der Waals surface area contributed by atoms with Gasteiger partial charge in [-0.3, -0.25) is 4.79 Å². The van der Waals surface area contributed by atoms with Gasteiger partial charge in [0, 0.05) is 28.7 Å². The molecule has 3 nitrogen and oxygen atoms in total. The standard InChI is InChI=1S/C33H31FN2O/c1-21-10-13-28(19-31(21)34)23(3)35-33(37)29-16-17-32-30(18-29)22(2)24(4)36(32)20-25-11-14-27(15-12-25)26-8-6-5-7-9-26/h5-19,23H,20H2,1-4H3,(H,35,37)/t23-/m1/s1. The van der Waals surface area contributed by atoms with E-state index in [1.165, 1.54) is 34.0 Å². The number of hydrogen-bond donors (Lipinski definition) is 1. The van der Waals surface area contributed by atoms with E-state index < -0.39 is 0 Å². The van der Waals surface area contributed by atoms with Gasteiger partial charge in [-0.15, -0.1) is 0 Å². The van der Waals surface area contributed by atoms with Crippen molar-refractivity contribution in [1.29, 1.82) is 0 Å². The molecule has 0 aliphatic rings. The van der Waals surface area contributed by atoms with Crippen LogP contribution in [0.15, 0.2) is 91.0 Å². The summed E-state index contributed by atoms with van der Waals surface area (Å²) in [6, 6.07) is 29.7. The number of nitrogens with one attached hydrogen (secondary N) is 1. The molecule has 0 aliphatic carbocycles. The Morgan fingerprint density at radius 1 is 0.865 bits per heavy atom. The van der Waals surface area contributed by atoms with Crippen molar-refractivity contribution in [2.24, 2.45) is 0 Å². The molecule has 37 heavy (non-hydrogen) atoms. The largest absolute Gasteiger partial charge is 0.346 e. The van der Waals surface area contributed by atoms with Gasteiger partial charge in [0.15, 0.2) is 0 Å². The lowest BCUT2D eigenvalue weighted by molar-refractivity contribution is 0.0940. The minimum absolute atomic E-state index is 0.170. The highest BCUT2D eigenvalue weighted by atomic mass is 19.1. The second-order valence-electron chi connectivity index (χ2n) is 9.80. The molecule has 0 radical (unpaired) electrons. The molecule has 0 unspecified atom stereocenters. The topological polar surface area (TPSA) is 34.0 Å². The summed E-state index contributed by atoms with van der Waals surface area (Å²) in [5.74, 6) is -0.432. The molecular formula is C33H31FN2O. The highest BCUT2D eigenvalue weighted by Crippen LogP contribution is 2.28. The maximum absolute atomic E-state index is 14.0. The van der Waals surface area contributed by atoms with E-state index in [2.05, 4.69) is 72.3 Å². The lowest BCUT2D eigenvalue weighted by Gasteiger charge is -2.15. The predicted octanol–water partition coefficient (Wildman–Crippen LogP) is 7.91. The number of aromatic nitrogens is 1. The van der Waals surface area contributed by atoms with E-state index in [9.17, 15) is 9.18 Å². The van der Waals surface area contributed by atoms with E-state index in [0.29, 0.717) is 11.1 Å². The number of nitrogens with zero attached hydrogens (tertiary/aromatic N) is 1. The molecule has 0 aliphatic heterocycles. The summed E-state index contributed by atoms with van der Waals surface area (Å²) < 4.78 is 16.3. The van der Waals surface area contributed by atoms with Gasteiger partial charge in [-0.25, -0.2) is 4.39 Å². The summed E-state index contributed by atoms with van der Waals surface area (Å²) in [5.41, 5.74) is 9.02. The molecule has 5 rings (SSSR count). The minimum Gasteiger partial charge on any atom is -0.346 e. The third-order valence-corrected chi connectivity index (χ3v) is 7.35. The third-order valence-electron chi connectivity index (χ3n) is 7.35. The molecular weight excluding hydrogens is 459 g/mol. The van der Waals surface area contributed by atoms with Crippen molar-refractivity contribution in [2.75, 3.05) is 0 Å². The van der Waals surface area contributed by atoms with E-state index in [0.717, 1.165) is 23.0 Å². The summed E-state index contributed by atoms with van der Waals surface area (Å²) >= 11 is 0. The molecule has 5 aromatic rings. The molecule has 0 saturated carbocycles. The van der Waals surface area contributed by atoms with Gasteiger partial charge >= 0.3 is 0 Å².